The van der Waals surface area contributed by atoms with Crippen LogP contribution in [-0.4, -0.2) is 49.8 Å². The fraction of sp³-hybridized carbons (Fsp3) is 0.600. The third-order valence-corrected chi connectivity index (χ3v) is 3.89. The van der Waals surface area contributed by atoms with Crippen LogP contribution in [0.15, 0.2) is 18.3 Å². The molecule has 2 fully saturated rings. The van der Waals surface area contributed by atoms with Gasteiger partial charge in [0.1, 0.15) is 5.82 Å². The van der Waals surface area contributed by atoms with Crippen molar-refractivity contribution in [3.8, 4) is 0 Å². The highest BCUT2D eigenvalue weighted by Gasteiger charge is 2.17. The van der Waals surface area contributed by atoms with E-state index < -0.39 is 0 Å². The lowest BCUT2D eigenvalue weighted by Gasteiger charge is -2.23. The Kier molecular flexibility index (Phi) is 4.67. The molecule has 3 rings (SSSR count). The number of aromatic nitrogens is 1. The van der Waals surface area contributed by atoms with Crippen molar-refractivity contribution >= 4 is 17.4 Å². The van der Waals surface area contributed by atoms with Crippen molar-refractivity contribution in [3.63, 3.8) is 0 Å². The van der Waals surface area contributed by atoms with Gasteiger partial charge in [-0.1, -0.05) is 0 Å². The lowest BCUT2D eigenvalue weighted by atomic mass is 10.2. The average Bonchev–Trinajstić information content (AvgIpc) is 3.03. The molecule has 0 bridgehead atoms. The number of hydrogen-bond donors (Lipinski definition) is 2. The van der Waals surface area contributed by atoms with Crippen LogP contribution in [-0.2, 0) is 9.53 Å². The van der Waals surface area contributed by atoms with Gasteiger partial charge in [-0.2, -0.15) is 0 Å². The molecule has 1 aromatic heterocycles. The standard InChI is InChI=1S/C15H22N4O2/c20-15(9-13-11-21-8-5-16-13)18-12-3-4-14(17-10-12)19-6-1-2-7-19/h3-4,10,13,16H,1-2,5-9,11H2,(H,18,20). The van der Waals surface area contributed by atoms with Gasteiger partial charge in [0.05, 0.1) is 25.1 Å². The Morgan fingerprint density at radius 1 is 1.43 bits per heavy atom. The molecule has 0 saturated carbocycles. The van der Waals surface area contributed by atoms with E-state index in [9.17, 15) is 4.79 Å². The summed E-state index contributed by atoms with van der Waals surface area (Å²) in [5, 5.41) is 6.17. The second-order valence-electron chi connectivity index (χ2n) is 5.58. The molecule has 6 nitrogen and oxygen atoms in total. The van der Waals surface area contributed by atoms with Crippen LogP contribution < -0.4 is 15.5 Å². The second kappa shape index (κ2) is 6.87. The zero-order valence-corrected chi connectivity index (χ0v) is 12.2. The zero-order valence-electron chi connectivity index (χ0n) is 12.2. The molecular weight excluding hydrogens is 268 g/mol. The first kappa shape index (κ1) is 14.3. The molecule has 1 amide bonds. The van der Waals surface area contributed by atoms with E-state index in [0.29, 0.717) is 13.0 Å². The Morgan fingerprint density at radius 3 is 2.95 bits per heavy atom. The third-order valence-electron chi connectivity index (χ3n) is 3.89. The zero-order chi connectivity index (χ0) is 14.5. The van der Waals surface area contributed by atoms with Gasteiger partial charge in [-0.05, 0) is 25.0 Å². The van der Waals surface area contributed by atoms with Gasteiger partial charge in [0, 0.05) is 32.1 Å². The number of hydrogen-bond acceptors (Lipinski definition) is 5. The number of carbonyl (C=O) groups excluding carboxylic acids is 1. The molecule has 2 aliphatic rings. The quantitative estimate of drug-likeness (QED) is 0.866. The summed E-state index contributed by atoms with van der Waals surface area (Å²) in [4.78, 5) is 18.7. The summed E-state index contributed by atoms with van der Waals surface area (Å²) in [6.45, 7) is 4.28. The molecule has 3 heterocycles. The minimum Gasteiger partial charge on any atom is -0.378 e. The molecule has 0 aromatic carbocycles. The van der Waals surface area contributed by atoms with Crippen LogP contribution in [0, 0.1) is 0 Å². The van der Waals surface area contributed by atoms with Crippen molar-refractivity contribution in [1.82, 2.24) is 10.3 Å². The maximum absolute atomic E-state index is 12.0. The fourth-order valence-electron chi connectivity index (χ4n) is 2.78. The highest BCUT2D eigenvalue weighted by Crippen LogP contribution is 2.19. The van der Waals surface area contributed by atoms with E-state index in [1.807, 2.05) is 12.1 Å². The lowest BCUT2D eigenvalue weighted by Crippen LogP contribution is -2.43. The molecule has 6 heteroatoms. The summed E-state index contributed by atoms with van der Waals surface area (Å²) >= 11 is 0. The van der Waals surface area contributed by atoms with Crippen LogP contribution in [0.5, 0.6) is 0 Å². The molecular formula is C15H22N4O2. The van der Waals surface area contributed by atoms with Gasteiger partial charge in [0.25, 0.3) is 0 Å². The minimum atomic E-state index is -0.00581. The van der Waals surface area contributed by atoms with Gasteiger partial charge < -0.3 is 20.3 Å². The number of nitrogens with zero attached hydrogens (tertiary/aromatic N) is 2. The predicted octanol–water partition coefficient (Wildman–Crippen LogP) is 0.999. The van der Waals surface area contributed by atoms with Gasteiger partial charge >= 0.3 is 0 Å². The number of nitrogens with one attached hydrogen (secondary N) is 2. The van der Waals surface area contributed by atoms with Gasteiger partial charge in [0.15, 0.2) is 0 Å². The Labute approximate surface area is 124 Å². The normalized spacial score (nSPS) is 22.3. The van der Waals surface area contributed by atoms with Gasteiger partial charge in [-0.15, -0.1) is 0 Å². The smallest absolute Gasteiger partial charge is 0.226 e. The van der Waals surface area contributed by atoms with E-state index in [-0.39, 0.29) is 11.9 Å². The van der Waals surface area contributed by atoms with E-state index in [2.05, 4.69) is 20.5 Å². The van der Waals surface area contributed by atoms with Crippen LogP contribution in [0.25, 0.3) is 0 Å². The van der Waals surface area contributed by atoms with Gasteiger partial charge in [0.2, 0.25) is 5.91 Å². The van der Waals surface area contributed by atoms with E-state index in [1.54, 1.807) is 6.20 Å². The van der Waals surface area contributed by atoms with E-state index in [4.69, 9.17) is 4.74 Å². The van der Waals surface area contributed by atoms with Crippen molar-refractivity contribution < 1.29 is 9.53 Å². The molecule has 1 unspecified atom stereocenters. The molecule has 1 atom stereocenters. The number of ether oxygens (including phenoxy) is 1. The topological polar surface area (TPSA) is 66.5 Å². The molecule has 2 aliphatic heterocycles. The number of morpholine rings is 1. The number of pyridine rings is 1. The molecule has 21 heavy (non-hydrogen) atoms. The van der Waals surface area contributed by atoms with Crippen molar-refractivity contribution in [2.75, 3.05) is 43.1 Å². The van der Waals surface area contributed by atoms with Crippen LogP contribution in [0.4, 0.5) is 11.5 Å². The molecule has 2 saturated heterocycles. The van der Waals surface area contributed by atoms with Gasteiger partial charge in [-0.3, -0.25) is 4.79 Å². The Balaban J connectivity index is 1.50. The Hall–Kier alpha value is -1.66. The highest BCUT2D eigenvalue weighted by molar-refractivity contribution is 5.91. The van der Waals surface area contributed by atoms with E-state index in [0.717, 1.165) is 37.7 Å². The van der Waals surface area contributed by atoms with Crippen molar-refractivity contribution in [1.29, 1.82) is 0 Å². The molecule has 114 valence electrons. The summed E-state index contributed by atoms with van der Waals surface area (Å²) in [6, 6.07) is 4.00. The molecule has 1 aromatic rings. The SMILES string of the molecule is O=C(CC1COCCN1)Nc1ccc(N2CCCC2)nc1. The number of carbonyl (C=O) groups is 1. The van der Waals surface area contributed by atoms with Gasteiger partial charge in [-0.25, -0.2) is 4.98 Å². The molecule has 0 radical (unpaired) electrons. The van der Waals surface area contributed by atoms with Crippen molar-refractivity contribution in [2.24, 2.45) is 0 Å². The van der Waals surface area contributed by atoms with Crippen molar-refractivity contribution in [3.05, 3.63) is 18.3 Å². The second-order valence-corrected chi connectivity index (χ2v) is 5.58. The monoisotopic (exact) mass is 290 g/mol. The average molecular weight is 290 g/mol. The molecule has 0 spiro atoms. The molecule has 0 aliphatic carbocycles. The number of rotatable bonds is 4. The van der Waals surface area contributed by atoms with E-state index >= 15 is 0 Å². The predicted molar refractivity (Wildman–Crippen MR) is 81.5 cm³/mol. The van der Waals surface area contributed by atoms with Crippen LogP contribution >= 0.6 is 0 Å². The Morgan fingerprint density at radius 2 is 2.29 bits per heavy atom. The number of amides is 1. The van der Waals surface area contributed by atoms with E-state index in [1.165, 1.54) is 12.8 Å². The van der Waals surface area contributed by atoms with Crippen molar-refractivity contribution in [2.45, 2.75) is 25.3 Å². The summed E-state index contributed by atoms with van der Waals surface area (Å²) in [5.41, 5.74) is 0.750. The van der Waals surface area contributed by atoms with Crippen LogP contribution in [0.2, 0.25) is 0 Å². The van der Waals surface area contributed by atoms with Crippen LogP contribution in [0.1, 0.15) is 19.3 Å². The summed E-state index contributed by atoms with van der Waals surface area (Å²) in [6.07, 6.45) is 4.62. The first-order valence-corrected chi connectivity index (χ1v) is 7.63. The van der Waals surface area contributed by atoms with Crippen LogP contribution in [0.3, 0.4) is 0 Å². The molecule has 2 N–H and O–H groups in total. The lowest BCUT2D eigenvalue weighted by molar-refractivity contribution is -0.117. The summed E-state index contributed by atoms with van der Waals surface area (Å²) in [5.74, 6) is 0.988. The fourth-order valence-corrected chi connectivity index (χ4v) is 2.78. The summed E-state index contributed by atoms with van der Waals surface area (Å²) in [7, 11) is 0. The Bertz CT molecular complexity index is 465. The third kappa shape index (κ3) is 3.92. The number of anilines is 2. The maximum Gasteiger partial charge on any atom is 0.226 e. The first-order valence-electron chi connectivity index (χ1n) is 7.63. The maximum atomic E-state index is 12.0. The first-order chi connectivity index (χ1) is 10.3. The largest absolute Gasteiger partial charge is 0.378 e. The minimum absolute atomic E-state index is 0.00581. The highest BCUT2D eigenvalue weighted by atomic mass is 16.5. The summed E-state index contributed by atoms with van der Waals surface area (Å²) < 4.78 is 5.35.